The molecule has 0 fully saturated rings. The molecule has 0 saturated carbocycles. The van der Waals surface area contributed by atoms with E-state index in [1.807, 2.05) is 12.1 Å². The van der Waals surface area contributed by atoms with E-state index < -0.39 is 0 Å². The summed E-state index contributed by atoms with van der Waals surface area (Å²) < 4.78 is 0. The van der Waals surface area contributed by atoms with Gasteiger partial charge in [-0.2, -0.15) is 5.26 Å². The Balaban J connectivity index is 2.58. The van der Waals surface area contributed by atoms with Crippen LogP contribution in [-0.4, -0.2) is 5.84 Å². The van der Waals surface area contributed by atoms with Gasteiger partial charge in [0, 0.05) is 6.42 Å². The van der Waals surface area contributed by atoms with Gasteiger partial charge in [0.1, 0.15) is 0 Å². The molecule has 78 valence electrons. The fraction of sp³-hybridized carbons (Fsp3) is 0.333. The first-order chi connectivity index (χ1) is 7.26. The molecule has 0 bridgehead atoms. The molecule has 0 amide bonds. The van der Waals surface area contributed by atoms with Gasteiger partial charge in [0.2, 0.25) is 0 Å². The average Bonchev–Trinajstić information content (AvgIpc) is 2.27. The maximum Gasteiger partial charge on any atom is 0.0991 e. The standard InChI is InChI=1S/C12H15N3/c1-2-3-12(14)15-9-11-6-4-10(8-13)5-7-11/h4-7H,2-3,9H2,1H3,(H2,14,15). The number of benzene rings is 1. The van der Waals surface area contributed by atoms with Crippen LogP contribution in [0.4, 0.5) is 0 Å². The molecular formula is C12H15N3. The van der Waals surface area contributed by atoms with Crippen molar-refractivity contribution in [3.8, 4) is 6.07 Å². The molecule has 0 heterocycles. The van der Waals surface area contributed by atoms with E-state index in [1.54, 1.807) is 12.1 Å². The zero-order chi connectivity index (χ0) is 11.1. The highest BCUT2D eigenvalue weighted by atomic mass is 14.8. The predicted octanol–water partition coefficient (Wildman–Crippen LogP) is 2.22. The first-order valence-electron chi connectivity index (χ1n) is 5.04. The van der Waals surface area contributed by atoms with Crippen LogP contribution in [0.1, 0.15) is 30.9 Å². The third-order valence-electron chi connectivity index (χ3n) is 2.05. The lowest BCUT2D eigenvalue weighted by atomic mass is 10.1. The van der Waals surface area contributed by atoms with Gasteiger partial charge in [-0.25, -0.2) is 0 Å². The molecule has 1 rings (SSSR count). The van der Waals surface area contributed by atoms with E-state index in [1.165, 1.54) is 0 Å². The molecule has 2 N–H and O–H groups in total. The van der Waals surface area contributed by atoms with Gasteiger partial charge in [0.05, 0.1) is 24.0 Å². The van der Waals surface area contributed by atoms with Crippen molar-refractivity contribution >= 4 is 5.84 Å². The van der Waals surface area contributed by atoms with Crippen LogP contribution in [0, 0.1) is 11.3 Å². The third kappa shape index (κ3) is 3.82. The molecule has 0 aliphatic rings. The zero-order valence-corrected chi connectivity index (χ0v) is 8.90. The van der Waals surface area contributed by atoms with E-state index in [9.17, 15) is 0 Å². The molecule has 0 aliphatic carbocycles. The van der Waals surface area contributed by atoms with Crippen LogP contribution in [0.3, 0.4) is 0 Å². The normalized spacial score (nSPS) is 11.1. The zero-order valence-electron chi connectivity index (χ0n) is 8.90. The van der Waals surface area contributed by atoms with Gasteiger partial charge in [-0.1, -0.05) is 19.1 Å². The molecule has 0 unspecified atom stereocenters. The molecular weight excluding hydrogens is 186 g/mol. The van der Waals surface area contributed by atoms with Crippen molar-refractivity contribution < 1.29 is 0 Å². The maximum absolute atomic E-state index is 8.62. The number of rotatable bonds is 4. The van der Waals surface area contributed by atoms with Crippen LogP contribution in [0.2, 0.25) is 0 Å². The van der Waals surface area contributed by atoms with E-state index in [2.05, 4.69) is 18.0 Å². The van der Waals surface area contributed by atoms with Crippen molar-refractivity contribution in [3.05, 3.63) is 35.4 Å². The minimum atomic E-state index is 0.595. The van der Waals surface area contributed by atoms with E-state index in [4.69, 9.17) is 11.0 Å². The van der Waals surface area contributed by atoms with Crippen molar-refractivity contribution in [1.82, 2.24) is 0 Å². The Kier molecular flexibility index (Phi) is 4.36. The first-order valence-corrected chi connectivity index (χ1v) is 5.04. The summed E-state index contributed by atoms with van der Waals surface area (Å²) >= 11 is 0. The minimum Gasteiger partial charge on any atom is -0.387 e. The second-order valence-electron chi connectivity index (χ2n) is 3.37. The molecule has 0 radical (unpaired) electrons. The molecule has 1 aromatic carbocycles. The van der Waals surface area contributed by atoms with Crippen molar-refractivity contribution in [2.75, 3.05) is 0 Å². The Bertz CT molecular complexity index is 371. The quantitative estimate of drug-likeness (QED) is 0.599. The number of nitrogens with two attached hydrogens (primary N) is 1. The van der Waals surface area contributed by atoms with Crippen LogP contribution in [0.5, 0.6) is 0 Å². The summed E-state index contributed by atoms with van der Waals surface area (Å²) in [6.07, 6.45) is 1.86. The van der Waals surface area contributed by atoms with Gasteiger partial charge in [-0.05, 0) is 24.1 Å². The van der Waals surface area contributed by atoms with Crippen molar-refractivity contribution in [1.29, 1.82) is 5.26 Å². The SMILES string of the molecule is CCCC(N)=NCc1ccc(C#N)cc1. The summed E-state index contributed by atoms with van der Waals surface area (Å²) in [7, 11) is 0. The topological polar surface area (TPSA) is 62.2 Å². The minimum absolute atomic E-state index is 0.595. The smallest absolute Gasteiger partial charge is 0.0991 e. The second kappa shape index (κ2) is 5.82. The molecule has 3 heteroatoms. The third-order valence-corrected chi connectivity index (χ3v) is 2.05. The van der Waals surface area contributed by atoms with Crippen molar-refractivity contribution in [2.24, 2.45) is 10.7 Å². The van der Waals surface area contributed by atoms with Crippen LogP contribution in [0.25, 0.3) is 0 Å². The van der Waals surface area contributed by atoms with Gasteiger partial charge in [-0.15, -0.1) is 0 Å². The van der Waals surface area contributed by atoms with Gasteiger partial charge in [-0.3, -0.25) is 4.99 Å². The molecule has 0 saturated heterocycles. The van der Waals surface area contributed by atoms with E-state index in [0.29, 0.717) is 17.9 Å². The van der Waals surface area contributed by atoms with Crippen LogP contribution in [0.15, 0.2) is 29.3 Å². The van der Waals surface area contributed by atoms with Crippen molar-refractivity contribution in [2.45, 2.75) is 26.3 Å². The number of hydrogen-bond donors (Lipinski definition) is 1. The maximum atomic E-state index is 8.62. The summed E-state index contributed by atoms with van der Waals surface area (Å²) in [5.41, 5.74) is 7.43. The molecule has 15 heavy (non-hydrogen) atoms. The Morgan fingerprint density at radius 3 is 2.60 bits per heavy atom. The molecule has 1 aromatic rings. The predicted molar refractivity (Wildman–Crippen MR) is 61.4 cm³/mol. The van der Waals surface area contributed by atoms with Crippen LogP contribution in [-0.2, 0) is 6.54 Å². The highest BCUT2D eigenvalue weighted by Gasteiger charge is 1.94. The van der Waals surface area contributed by atoms with Crippen LogP contribution >= 0.6 is 0 Å². The fourth-order valence-corrected chi connectivity index (χ4v) is 1.21. The molecule has 0 aliphatic heterocycles. The number of nitriles is 1. The Labute approximate surface area is 90.2 Å². The lowest BCUT2D eigenvalue weighted by molar-refractivity contribution is 0.954. The summed E-state index contributed by atoms with van der Waals surface area (Å²) in [5, 5.41) is 8.62. The molecule has 3 nitrogen and oxygen atoms in total. The Hall–Kier alpha value is -1.82. The van der Waals surface area contributed by atoms with Gasteiger partial charge < -0.3 is 5.73 Å². The summed E-state index contributed by atoms with van der Waals surface area (Å²) in [4.78, 5) is 4.25. The summed E-state index contributed by atoms with van der Waals surface area (Å²) in [5.74, 6) is 0.696. The highest BCUT2D eigenvalue weighted by molar-refractivity contribution is 5.80. The van der Waals surface area contributed by atoms with E-state index >= 15 is 0 Å². The molecule has 0 aromatic heterocycles. The van der Waals surface area contributed by atoms with E-state index in [0.717, 1.165) is 18.4 Å². The monoisotopic (exact) mass is 201 g/mol. The fourth-order valence-electron chi connectivity index (χ4n) is 1.21. The molecule has 0 atom stereocenters. The average molecular weight is 201 g/mol. The number of amidine groups is 1. The van der Waals surface area contributed by atoms with Gasteiger partial charge in [0.15, 0.2) is 0 Å². The largest absolute Gasteiger partial charge is 0.387 e. The van der Waals surface area contributed by atoms with Crippen LogP contribution < -0.4 is 5.73 Å². The highest BCUT2D eigenvalue weighted by Crippen LogP contribution is 2.04. The van der Waals surface area contributed by atoms with Gasteiger partial charge >= 0.3 is 0 Å². The van der Waals surface area contributed by atoms with E-state index in [-0.39, 0.29) is 0 Å². The molecule has 0 spiro atoms. The summed E-state index contributed by atoms with van der Waals surface area (Å²) in [6, 6.07) is 9.47. The van der Waals surface area contributed by atoms with Crippen molar-refractivity contribution in [3.63, 3.8) is 0 Å². The number of aliphatic imine (C=N–C) groups is 1. The summed E-state index contributed by atoms with van der Waals surface area (Å²) in [6.45, 7) is 2.67. The Morgan fingerprint density at radius 1 is 1.40 bits per heavy atom. The number of hydrogen-bond acceptors (Lipinski definition) is 2. The van der Waals surface area contributed by atoms with Gasteiger partial charge in [0.25, 0.3) is 0 Å². The number of nitrogens with zero attached hydrogens (tertiary/aromatic N) is 2. The lowest BCUT2D eigenvalue weighted by Crippen LogP contribution is -2.11. The second-order valence-corrected chi connectivity index (χ2v) is 3.37. The Morgan fingerprint density at radius 2 is 2.07 bits per heavy atom. The lowest BCUT2D eigenvalue weighted by Gasteiger charge is -1.99. The first kappa shape index (κ1) is 11.3.